The van der Waals surface area contributed by atoms with Gasteiger partial charge in [0.15, 0.2) is 0 Å². The van der Waals surface area contributed by atoms with Crippen LogP contribution in [0, 0.1) is 0 Å². The molecule has 0 amide bonds. The molecule has 0 aromatic carbocycles. The predicted molar refractivity (Wildman–Crippen MR) is 63.2 cm³/mol. The van der Waals surface area contributed by atoms with E-state index < -0.39 is 0 Å². The maximum atomic E-state index is 13.5. The van der Waals surface area contributed by atoms with Crippen LogP contribution in [-0.2, 0) is 0 Å². The number of hydrogen-bond acceptors (Lipinski definition) is 1. The molecular weight excluding hydrogens is 189 g/mol. The molecule has 2 heteroatoms. The lowest BCUT2D eigenvalue weighted by Gasteiger charge is -2.03. The van der Waals surface area contributed by atoms with Crippen LogP contribution in [0.15, 0.2) is 34.7 Å². The van der Waals surface area contributed by atoms with Gasteiger partial charge in [-0.25, -0.2) is 4.39 Å². The lowest BCUT2D eigenvalue weighted by molar-refractivity contribution is 0.643. The van der Waals surface area contributed by atoms with Crippen molar-refractivity contribution < 1.29 is 4.39 Å². The molecule has 0 atom stereocenters. The molecule has 0 radical (unpaired) electrons. The Labute approximate surface area is 91.5 Å². The molecule has 0 aliphatic heterocycles. The van der Waals surface area contributed by atoms with Crippen molar-refractivity contribution in [3.05, 3.63) is 34.7 Å². The van der Waals surface area contributed by atoms with E-state index in [0.29, 0.717) is 0 Å². The summed E-state index contributed by atoms with van der Waals surface area (Å²) in [4.78, 5) is 0. The topological polar surface area (TPSA) is 26.0 Å². The Balaban J connectivity index is 2.65. The SMILES string of the molecule is CC1=CCC(CCCCN)=CC(C)=C1F. The number of allylic oxidation sites excluding steroid dienone is 6. The lowest BCUT2D eigenvalue weighted by Crippen LogP contribution is -1.98. The average molecular weight is 209 g/mol. The highest BCUT2D eigenvalue weighted by Crippen LogP contribution is 2.26. The molecule has 0 spiro atoms. The zero-order chi connectivity index (χ0) is 11.3. The molecule has 0 aromatic heterocycles. The van der Waals surface area contributed by atoms with E-state index in [2.05, 4.69) is 0 Å². The third-order valence-electron chi connectivity index (χ3n) is 2.74. The number of rotatable bonds is 4. The quantitative estimate of drug-likeness (QED) is 0.703. The first-order chi connectivity index (χ1) is 7.15. The molecular formula is C13H20FN. The molecule has 0 bridgehead atoms. The molecule has 0 saturated heterocycles. The highest BCUT2D eigenvalue weighted by Gasteiger charge is 2.08. The Morgan fingerprint density at radius 3 is 2.73 bits per heavy atom. The molecule has 0 heterocycles. The molecule has 0 saturated carbocycles. The van der Waals surface area contributed by atoms with E-state index in [1.807, 2.05) is 26.0 Å². The van der Waals surface area contributed by atoms with Gasteiger partial charge in [-0.2, -0.15) is 0 Å². The summed E-state index contributed by atoms with van der Waals surface area (Å²) >= 11 is 0. The Morgan fingerprint density at radius 2 is 2.07 bits per heavy atom. The first kappa shape index (κ1) is 12.2. The van der Waals surface area contributed by atoms with Crippen LogP contribution in [0.3, 0.4) is 0 Å². The van der Waals surface area contributed by atoms with Gasteiger partial charge in [-0.15, -0.1) is 0 Å². The third kappa shape index (κ3) is 3.63. The van der Waals surface area contributed by atoms with Crippen molar-refractivity contribution >= 4 is 0 Å². The molecule has 1 rings (SSSR count). The summed E-state index contributed by atoms with van der Waals surface area (Å²) in [5.74, 6) is -0.0659. The lowest BCUT2D eigenvalue weighted by atomic mass is 10.0. The van der Waals surface area contributed by atoms with Crippen LogP contribution >= 0.6 is 0 Å². The summed E-state index contributed by atoms with van der Waals surface area (Å²) in [6.07, 6.45) is 8.02. The second-order valence-electron chi connectivity index (χ2n) is 4.14. The first-order valence-electron chi connectivity index (χ1n) is 5.58. The first-order valence-corrected chi connectivity index (χ1v) is 5.58. The molecule has 0 unspecified atom stereocenters. The minimum Gasteiger partial charge on any atom is -0.330 e. The Morgan fingerprint density at radius 1 is 1.33 bits per heavy atom. The van der Waals surface area contributed by atoms with Gasteiger partial charge in [-0.05, 0) is 57.2 Å². The molecule has 1 aliphatic carbocycles. The number of halogens is 1. The van der Waals surface area contributed by atoms with E-state index >= 15 is 0 Å². The van der Waals surface area contributed by atoms with E-state index in [0.717, 1.165) is 43.4 Å². The fourth-order valence-electron chi connectivity index (χ4n) is 1.78. The Hall–Kier alpha value is -0.890. The van der Waals surface area contributed by atoms with Gasteiger partial charge in [0.05, 0.1) is 0 Å². The summed E-state index contributed by atoms with van der Waals surface area (Å²) in [5.41, 5.74) is 8.27. The van der Waals surface area contributed by atoms with Gasteiger partial charge in [0.25, 0.3) is 0 Å². The zero-order valence-electron chi connectivity index (χ0n) is 9.65. The van der Waals surface area contributed by atoms with Gasteiger partial charge < -0.3 is 5.73 Å². The molecule has 0 aromatic rings. The number of hydrogen-bond donors (Lipinski definition) is 1. The van der Waals surface area contributed by atoms with E-state index in [1.54, 1.807) is 0 Å². The van der Waals surface area contributed by atoms with Crippen molar-refractivity contribution in [3.63, 3.8) is 0 Å². The maximum Gasteiger partial charge on any atom is 0.128 e. The minimum absolute atomic E-state index is 0.0659. The van der Waals surface area contributed by atoms with Crippen LogP contribution in [0.4, 0.5) is 4.39 Å². The summed E-state index contributed by atoms with van der Waals surface area (Å²) < 4.78 is 13.5. The number of unbranched alkanes of at least 4 members (excludes halogenated alkanes) is 1. The van der Waals surface area contributed by atoms with Crippen molar-refractivity contribution in [2.24, 2.45) is 5.73 Å². The van der Waals surface area contributed by atoms with E-state index in [4.69, 9.17) is 5.73 Å². The molecule has 1 nitrogen and oxygen atoms in total. The van der Waals surface area contributed by atoms with E-state index in [9.17, 15) is 4.39 Å². The summed E-state index contributed by atoms with van der Waals surface area (Å²) in [5, 5.41) is 0. The van der Waals surface area contributed by atoms with Gasteiger partial charge in [0, 0.05) is 0 Å². The second kappa shape index (κ2) is 5.86. The smallest absolute Gasteiger partial charge is 0.128 e. The average Bonchev–Trinajstić information content (AvgIpc) is 2.33. The minimum atomic E-state index is -0.0659. The number of nitrogens with two attached hydrogens (primary N) is 1. The van der Waals surface area contributed by atoms with Gasteiger partial charge >= 0.3 is 0 Å². The normalized spacial score (nSPS) is 17.3. The summed E-state index contributed by atoms with van der Waals surface area (Å²) in [6, 6.07) is 0. The largest absolute Gasteiger partial charge is 0.330 e. The fraction of sp³-hybridized carbons (Fsp3) is 0.538. The maximum absolute atomic E-state index is 13.5. The highest BCUT2D eigenvalue weighted by atomic mass is 19.1. The summed E-state index contributed by atoms with van der Waals surface area (Å²) in [6.45, 7) is 4.40. The monoisotopic (exact) mass is 209 g/mol. The highest BCUT2D eigenvalue weighted by molar-refractivity contribution is 5.38. The van der Waals surface area contributed by atoms with Crippen molar-refractivity contribution in [1.82, 2.24) is 0 Å². The van der Waals surface area contributed by atoms with Gasteiger partial charge in [0.2, 0.25) is 0 Å². The fourth-order valence-corrected chi connectivity index (χ4v) is 1.78. The van der Waals surface area contributed by atoms with Gasteiger partial charge in [0.1, 0.15) is 5.83 Å². The van der Waals surface area contributed by atoms with Crippen LogP contribution in [0.2, 0.25) is 0 Å². The zero-order valence-corrected chi connectivity index (χ0v) is 9.65. The van der Waals surface area contributed by atoms with Crippen molar-refractivity contribution in [2.45, 2.75) is 39.5 Å². The van der Waals surface area contributed by atoms with Crippen molar-refractivity contribution in [1.29, 1.82) is 0 Å². The molecule has 2 N–H and O–H groups in total. The van der Waals surface area contributed by atoms with E-state index in [1.165, 1.54) is 5.57 Å². The van der Waals surface area contributed by atoms with Crippen LogP contribution in [0.1, 0.15) is 39.5 Å². The standard InChI is InChI=1S/C13H20FN/c1-10-6-7-12(5-3-4-8-15)9-11(2)13(10)14/h6,9H,3-5,7-8,15H2,1-2H3. The molecule has 15 heavy (non-hydrogen) atoms. The Bertz CT molecular complexity index is 310. The van der Waals surface area contributed by atoms with Crippen LogP contribution in [0.25, 0.3) is 0 Å². The molecule has 0 fully saturated rings. The van der Waals surface area contributed by atoms with Crippen LogP contribution < -0.4 is 5.73 Å². The van der Waals surface area contributed by atoms with Crippen molar-refractivity contribution in [2.75, 3.05) is 6.54 Å². The predicted octanol–water partition coefficient (Wildman–Crippen LogP) is 3.64. The second-order valence-corrected chi connectivity index (χ2v) is 4.14. The molecule has 1 aliphatic rings. The van der Waals surface area contributed by atoms with Crippen molar-refractivity contribution in [3.8, 4) is 0 Å². The van der Waals surface area contributed by atoms with E-state index in [-0.39, 0.29) is 5.83 Å². The van der Waals surface area contributed by atoms with Gasteiger partial charge in [-0.3, -0.25) is 0 Å². The third-order valence-corrected chi connectivity index (χ3v) is 2.74. The summed E-state index contributed by atoms with van der Waals surface area (Å²) in [7, 11) is 0. The Kier molecular flexibility index (Phi) is 4.76. The molecule has 84 valence electrons. The van der Waals surface area contributed by atoms with Crippen LogP contribution in [-0.4, -0.2) is 6.54 Å². The van der Waals surface area contributed by atoms with Gasteiger partial charge in [-0.1, -0.05) is 17.7 Å². The van der Waals surface area contributed by atoms with Crippen LogP contribution in [0.5, 0.6) is 0 Å².